The molecule has 0 bridgehead atoms. The van der Waals surface area contributed by atoms with Crippen molar-refractivity contribution >= 4 is 33.3 Å². The molecule has 0 radical (unpaired) electrons. The van der Waals surface area contributed by atoms with E-state index in [0.29, 0.717) is 0 Å². The number of nitrogens with zero attached hydrogens (tertiary/aromatic N) is 2. The quantitative estimate of drug-likeness (QED) is 0.349. The van der Waals surface area contributed by atoms with Crippen LogP contribution in [0.1, 0.15) is 35.8 Å². The van der Waals surface area contributed by atoms with Crippen LogP contribution >= 0.6 is 23.1 Å². The fourth-order valence-corrected chi connectivity index (χ4v) is 5.55. The van der Waals surface area contributed by atoms with E-state index in [1.807, 2.05) is 31.2 Å². The van der Waals surface area contributed by atoms with Crippen molar-refractivity contribution in [2.45, 2.75) is 44.7 Å². The third-order valence-electron chi connectivity index (χ3n) is 4.70. The molecule has 26 heavy (non-hydrogen) atoms. The standard InChI is InChI=1S/C21H22N2OS2/c1-13(2)12-25-21-22-19-18(16-6-4-5-7-17(16)26-19)20(24)23(21)15-10-8-14(3)9-11-15/h8-11H,1,4-7,12H2,2-3H3. The lowest BCUT2D eigenvalue weighted by atomic mass is 9.97. The van der Waals surface area contributed by atoms with E-state index < -0.39 is 0 Å². The van der Waals surface area contributed by atoms with Crippen molar-refractivity contribution < 1.29 is 0 Å². The van der Waals surface area contributed by atoms with Crippen LogP contribution in [0.15, 0.2) is 46.4 Å². The molecule has 0 unspecified atom stereocenters. The van der Waals surface area contributed by atoms with E-state index in [4.69, 9.17) is 4.98 Å². The Labute approximate surface area is 161 Å². The molecule has 0 amide bonds. The summed E-state index contributed by atoms with van der Waals surface area (Å²) in [5.74, 6) is 0.759. The first kappa shape index (κ1) is 17.6. The summed E-state index contributed by atoms with van der Waals surface area (Å²) >= 11 is 3.30. The van der Waals surface area contributed by atoms with Gasteiger partial charge in [0.25, 0.3) is 5.56 Å². The van der Waals surface area contributed by atoms with Crippen LogP contribution in [0.2, 0.25) is 0 Å². The maximum atomic E-state index is 13.5. The Morgan fingerprint density at radius 3 is 2.73 bits per heavy atom. The van der Waals surface area contributed by atoms with Gasteiger partial charge in [-0.25, -0.2) is 4.98 Å². The predicted octanol–water partition coefficient (Wildman–Crippen LogP) is 5.30. The third kappa shape index (κ3) is 3.14. The lowest BCUT2D eigenvalue weighted by Gasteiger charge is -2.14. The molecule has 0 saturated heterocycles. The number of thiophene rings is 1. The maximum Gasteiger partial charge on any atom is 0.267 e. The molecule has 0 aliphatic heterocycles. The van der Waals surface area contributed by atoms with Gasteiger partial charge in [0.1, 0.15) is 4.83 Å². The van der Waals surface area contributed by atoms with Gasteiger partial charge in [-0.3, -0.25) is 9.36 Å². The summed E-state index contributed by atoms with van der Waals surface area (Å²) in [6.07, 6.45) is 4.45. The van der Waals surface area contributed by atoms with E-state index in [1.165, 1.54) is 22.4 Å². The highest BCUT2D eigenvalue weighted by Crippen LogP contribution is 2.35. The zero-order chi connectivity index (χ0) is 18.3. The van der Waals surface area contributed by atoms with E-state index in [-0.39, 0.29) is 5.56 Å². The second-order valence-electron chi connectivity index (χ2n) is 7.01. The molecule has 0 saturated carbocycles. The van der Waals surface area contributed by atoms with E-state index in [9.17, 15) is 4.79 Å². The second-order valence-corrected chi connectivity index (χ2v) is 9.03. The van der Waals surface area contributed by atoms with E-state index in [0.717, 1.165) is 51.6 Å². The molecule has 4 rings (SSSR count). The minimum Gasteiger partial charge on any atom is -0.268 e. The minimum atomic E-state index is 0.0717. The number of hydrogen-bond donors (Lipinski definition) is 0. The topological polar surface area (TPSA) is 34.9 Å². The number of hydrogen-bond acceptors (Lipinski definition) is 4. The lowest BCUT2D eigenvalue weighted by molar-refractivity contribution is 0.699. The SMILES string of the molecule is C=C(C)CSc1nc2sc3c(c2c(=O)n1-c1ccc(C)cc1)CCCC3. The number of aromatic nitrogens is 2. The van der Waals surface area contributed by atoms with Crippen LogP contribution in [0, 0.1) is 6.92 Å². The van der Waals surface area contributed by atoms with Gasteiger partial charge in [-0.05, 0) is 57.2 Å². The monoisotopic (exact) mass is 382 g/mol. The largest absolute Gasteiger partial charge is 0.268 e. The van der Waals surface area contributed by atoms with Gasteiger partial charge in [-0.15, -0.1) is 11.3 Å². The van der Waals surface area contributed by atoms with Gasteiger partial charge in [0.2, 0.25) is 0 Å². The maximum absolute atomic E-state index is 13.5. The highest BCUT2D eigenvalue weighted by molar-refractivity contribution is 7.99. The molecular weight excluding hydrogens is 360 g/mol. The summed E-state index contributed by atoms with van der Waals surface area (Å²) in [6, 6.07) is 8.10. The molecule has 1 aliphatic rings. The summed E-state index contributed by atoms with van der Waals surface area (Å²) < 4.78 is 1.79. The first-order chi connectivity index (χ1) is 12.5. The van der Waals surface area contributed by atoms with Crippen LogP contribution < -0.4 is 5.56 Å². The first-order valence-electron chi connectivity index (χ1n) is 8.96. The summed E-state index contributed by atoms with van der Waals surface area (Å²) in [7, 11) is 0. The molecular formula is C21H22N2OS2. The molecule has 0 spiro atoms. The van der Waals surface area contributed by atoms with Crippen molar-refractivity contribution in [3.8, 4) is 5.69 Å². The van der Waals surface area contributed by atoms with Crippen molar-refractivity contribution in [2.24, 2.45) is 0 Å². The van der Waals surface area contributed by atoms with Gasteiger partial charge in [-0.1, -0.05) is 41.6 Å². The van der Waals surface area contributed by atoms with Gasteiger partial charge in [-0.2, -0.15) is 0 Å². The number of fused-ring (bicyclic) bond motifs is 3. The van der Waals surface area contributed by atoms with Gasteiger partial charge >= 0.3 is 0 Å². The molecule has 3 aromatic rings. The summed E-state index contributed by atoms with van der Waals surface area (Å²) in [5, 5.41) is 1.60. The zero-order valence-corrected chi connectivity index (χ0v) is 16.8. The molecule has 134 valence electrons. The normalized spacial score (nSPS) is 13.8. The van der Waals surface area contributed by atoms with Crippen molar-refractivity contribution in [3.05, 3.63) is 62.8 Å². The molecule has 1 aromatic carbocycles. The van der Waals surface area contributed by atoms with Crippen LogP contribution in [0.3, 0.4) is 0 Å². The van der Waals surface area contributed by atoms with Crippen LogP contribution in [0.5, 0.6) is 0 Å². The number of thioether (sulfide) groups is 1. The van der Waals surface area contributed by atoms with E-state index >= 15 is 0 Å². The second kappa shape index (κ2) is 7.05. The summed E-state index contributed by atoms with van der Waals surface area (Å²) in [5.41, 5.74) is 4.45. The molecule has 2 aromatic heterocycles. The van der Waals surface area contributed by atoms with E-state index in [1.54, 1.807) is 27.7 Å². The van der Waals surface area contributed by atoms with Gasteiger partial charge < -0.3 is 0 Å². The molecule has 0 atom stereocenters. The van der Waals surface area contributed by atoms with Crippen molar-refractivity contribution in [2.75, 3.05) is 5.75 Å². The third-order valence-corrected chi connectivity index (χ3v) is 7.05. The Morgan fingerprint density at radius 1 is 1.27 bits per heavy atom. The Balaban J connectivity index is 1.97. The Kier molecular flexibility index (Phi) is 4.76. The Bertz CT molecular complexity index is 1040. The Hall–Kier alpha value is -1.85. The van der Waals surface area contributed by atoms with Crippen LogP contribution in [-0.2, 0) is 12.8 Å². The summed E-state index contributed by atoms with van der Waals surface area (Å²) in [6.45, 7) is 8.05. The average molecular weight is 383 g/mol. The van der Waals surface area contributed by atoms with Crippen molar-refractivity contribution in [1.29, 1.82) is 0 Å². The molecule has 5 heteroatoms. The fraction of sp³-hybridized carbons (Fsp3) is 0.333. The van der Waals surface area contributed by atoms with Crippen LogP contribution in [0.4, 0.5) is 0 Å². The first-order valence-corrected chi connectivity index (χ1v) is 10.8. The average Bonchev–Trinajstić information content (AvgIpc) is 2.99. The van der Waals surface area contributed by atoms with Gasteiger partial charge in [0, 0.05) is 10.6 Å². The highest BCUT2D eigenvalue weighted by atomic mass is 32.2. The zero-order valence-electron chi connectivity index (χ0n) is 15.2. The molecule has 1 aliphatic carbocycles. The smallest absolute Gasteiger partial charge is 0.267 e. The van der Waals surface area contributed by atoms with Crippen molar-refractivity contribution in [3.63, 3.8) is 0 Å². The number of benzene rings is 1. The predicted molar refractivity (Wildman–Crippen MR) is 112 cm³/mol. The van der Waals surface area contributed by atoms with Gasteiger partial charge in [0.15, 0.2) is 5.16 Å². The fourth-order valence-electron chi connectivity index (χ4n) is 3.39. The van der Waals surface area contributed by atoms with Gasteiger partial charge in [0.05, 0.1) is 11.1 Å². The lowest BCUT2D eigenvalue weighted by Crippen LogP contribution is -2.22. The highest BCUT2D eigenvalue weighted by Gasteiger charge is 2.22. The summed E-state index contributed by atoms with van der Waals surface area (Å²) in [4.78, 5) is 20.7. The molecule has 0 fully saturated rings. The Morgan fingerprint density at radius 2 is 2.00 bits per heavy atom. The van der Waals surface area contributed by atoms with Crippen LogP contribution in [-0.4, -0.2) is 15.3 Å². The number of aryl methyl sites for hydroxylation is 3. The van der Waals surface area contributed by atoms with Crippen LogP contribution in [0.25, 0.3) is 15.9 Å². The minimum absolute atomic E-state index is 0.0717. The molecule has 3 nitrogen and oxygen atoms in total. The number of rotatable bonds is 4. The molecule has 2 heterocycles. The van der Waals surface area contributed by atoms with E-state index in [2.05, 4.69) is 13.5 Å². The van der Waals surface area contributed by atoms with Crippen molar-refractivity contribution in [1.82, 2.24) is 9.55 Å². The molecule has 0 N–H and O–H groups in total.